The van der Waals surface area contributed by atoms with Crippen LogP contribution in [0.1, 0.15) is 5.56 Å². The predicted octanol–water partition coefficient (Wildman–Crippen LogP) is 3.62. The Morgan fingerprint density at radius 1 is 1.32 bits per heavy atom. The summed E-state index contributed by atoms with van der Waals surface area (Å²) in [6, 6.07) is 13.7. The first-order valence-electron chi connectivity index (χ1n) is 7.83. The largest absolute Gasteiger partial charge is 0.490 e. The van der Waals surface area contributed by atoms with Gasteiger partial charge in [-0.25, -0.2) is 0 Å². The summed E-state index contributed by atoms with van der Waals surface area (Å²) in [5.74, 6) is 1.42. The van der Waals surface area contributed by atoms with Crippen LogP contribution in [0, 0.1) is 0 Å². The third-order valence-corrected chi connectivity index (χ3v) is 4.36. The Morgan fingerprint density at radius 2 is 2.20 bits per heavy atom. The van der Waals surface area contributed by atoms with E-state index in [4.69, 9.17) is 9.47 Å². The zero-order valence-electron chi connectivity index (χ0n) is 13.2. The van der Waals surface area contributed by atoms with Gasteiger partial charge in [0, 0.05) is 10.8 Å². The van der Waals surface area contributed by atoms with E-state index in [0.717, 1.165) is 33.2 Å². The number of nitrogens with zero attached hydrogens (tertiary/aromatic N) is 3. The summed E-state index contributed by atoms with van der Waals surface area (Å²) in [6.45, 7) is 1.36. The molecule has 1 aliphatic heterocycles. The van der Waals surface area contributed by atoms with Crippen LogP contribution in [0.15, 0.2) is 58.2 Å². The average Bonchev–Trinajstić information content (AvgIpc) is 3.46. The molecule has 1 aliphatic rings. The molecule has 4 rings (SSSR count). The van der Waals surface area contributed by atoms with Crippen LogP contribution in [0.25, 0.3) is 10.8 Å². The number of hydrogen-bond acceptors (Lipinski definition) is 6. The summed E-state index contributed by atoms with van der Waals surface area (Å²) in [4.78, 5) is 0. The Morgan fingerprint density at radius 3 is 3.04 bits per heavy atom. The number of ether oxygens (including phenoxy) is 2. The topological polar surface area (TPSA) is 71.9 Å². The quantitative estimate of drug-likeness (QED) is 0.390. The van der Waals surface area contributed by atoms with Gasteiger partial charge in [-0.1, -0.05) is 24.3 Å². The minimum absolute atomic E-state index is 0.235. The molecule has 1 saturated heterocycles. The standard InChI is InChI=1S/C18H15BrN4O2/c19-16-7-12(5-6-17(16)25-11-14-10-24-14)8-20-22-18-15-4-2-1-3-13(15)9-21-23-18/h1-9,14H,10-11H2,(H,22,23)/b20-8+. The molecule has 1 N–H and O–H groups in total. The molecule has 7 heteroatoms. The SMILES string of the molecule is Brc1cc(/C=N/Nc2nncc3ccccc23)ccc1OCC1CO1. The van der Waals surface area contributed by atoms with Gasteiger partial charge < -0.3 is 9.47 Å². The van der Waals surface area contributed by atoms with E-state index in [-0.39, 0.29) is 6.10 Å². The molecule has 6 nitrogen and oxygen atoms in total. The van der Waals surface area contributed by atoms with Gasteiger partial charge in [0.05, 0.1) is 23.5 Å². The van der Waals surface area contributed by atoms with Gasteiger partial charge in [-0.3, -0.25) is 5.43 Å². The summed E-state index contributed by atoms with van der Waals surface area (Å²) >= 11 is 3.52. The molecule has 2 heterocycles. The number of rotatable bonds is 6. The predicted molar refractivity (Wildman–Crippen MR) is 100 cm³/mol. The fourth-order valence-corrected chi connectivity index (χ4v) is 2.85. The molecular formula is C18H15BrN4O2. The first-order chi connectivity index (χ1) is 12.3. The third-order valence-electron chi connectivity index (χ3n) is 3.74. The third kappa shape index (κ3) is 3.94. The van der Waals surface area contributed by atoms with Crippen molar-refractivity contribution in [1.29, 1.82) is 0 Å². The van der Waals surface area contributed by atoms with Gasteiger partial charge in [-0.05, 0) is 39.7 Å². The van der Waals surface area contributed by atoms with Crippen LogP contribution in [0.5, 0.6) is 5.75 Å². The van der Waals surface area contributed by atoms with E-state index in [2.05, 4.69) is 36.7 Å². The lowest BCUT2D eigenvalue weighted by molar-refractivity contribution is 0.262. The van der Waals surface area contributed by atoms with Gasteiger partial charge in [-0.15, -0.1) is 5.10 Å². The molecule has 0 amide bonds. The maximum Gasteiger partial charge on any atom is 0.176 e. The number of nitrogens with one attached hydrogen (secondary N) is 1. The maximum atomic E-state index is 5.69. The highest BCUT2D eigenvalue weighted by atomic mass is 79.9. The van der Waals surface area contributed by atoms with Crippen molar-refractivity contribution in [1.82, 2.24) is 10.2 Å². The Kier molecular flexibility index (Phi) is 4.58. The van der Waals surface area contributed by atoms with Crippen molar-refractivity contribution in [2.45, 2.75) is 6.10 Å². The number of anilines is 1. The second kappa shape index (κ2) is 7.16. The zero-order chi connectivity index (χ0) is 17.1. The van der Waals surface area contributed by atoms with Crippen LogP contribution in [-0.4, -0.2) is 35.7 Å². The van der Waals surface area contributed by atoms with E-state index >= 15 is 0 Å². The van der Waals surface area contributed by atoms with Crippen LogP contribution in [0.4, 0.5) is 5.82 Å². The summed E-state index contributed by atoms with van der Waals surface area (Å²) in [5.41, 5.74) is 3.88. The first-order valence-corrected chi connectivity index (χ1v) is 8.62. The van der Waals surface area contributed by atoms with Crippen molar-refractivity contribution in [3.05, 3.63) is 58.7 Å². The van der Waals surface area contributed by atoms with Crippen LogP contribution in [0.3, 0.4) is 0 Å². The molecule has 1 fully saturated rings. The Hall–Kier alpha value is -2.51. The molecule has 25 heavy (non-hydrogen) atoms. The zero-order valence-corrected chi connectivity index (χ0v) is 14.8. The van der Waals surface area contributed by atoms with Crippen molar-refractivity contribution in [2.75, 3.05) is 18.6 Å². The van der Waals surface area contributed by atoms with Gasteiger partial charge in [0.25, 0.3) is 0 Å². The normalized spacial score (nSPS) is 16.3. The fraction of sp³-hybridized carbons (Fsp3) is 0.167. The molecule has 0 saturated carbocycles. The number of benzene rings is 2. The molecule has 3 aromatic rings. The van der Waals surface area contributed by atoms with Gasteiger partial charge in [0.2, 0.25) is 0 Å². The van der Waals surface area contributed by atoms with E-state index in [1.54, 1.807) is 12.4 Å². The second-order valence-corrected chi connectivity index (χ2v) is 6.46. The molecule has 1 unspecified atom stereocenters. The van der Waals surface area contributed by atoms with Crippen molar-refractivity contribution >= 4 is 38.7 Å². The minimum Gasteiger partial charge on any atom is -0.490 e. The highest BCUT2D eigenvalue weighted by Crippen LogP contribution is 2.26. The number of halogens is 1. The highest BCUT2D eigenvalue weighted by molar-refractivity contribution is 9.10. The lowest BCUT2D eigenvalue weighted by atomic mass is 10.2. The molecule has 0 spiro atoms. The molecule has 0 radical (unpaired) electrons. The number of hydrazone groups is 1. The summed E-state index contributed by atoms with van der Waals surface area (Å²) in [5, 5.41) is 14.3. The molecule has 0 bridgehead atoms. The summed E-state index contributed by atoms with van der Waals surface area (Å²) in [6.07, 6.45) is 3.69. The Labute approximate surface area is 153 Å². The van der Waals surface area contributed by atoms with Crippen molar-refractivity contribution in [3.8, 4) is 5.75 Å². The Balaban J connectivity index is 1.45. The van der Waals surface area contributed by atoms with Crippen LogP contribution >= 0.6 is 15.9 Å². The smallest absolute Gasteiger partial charge is 0.176 e. The van der Waals surface area contributed by atoms with Crippen LogP contribution in [-0.2, 0) is 4.74 Å². The molecule has 2 aromatic carbocycles. The highest BCUT2D eigenvalue weighted by Gasteiger charge is 2.23. The van der Waals surface area contributed by atoms with Crippen molar-refractivity contribution in [3.63, 3.8) is 0 Å². The lowest BCUT2D eigenvalue weighted by Crippen LogP contribution is -2.04. The number of aromatic nitrogens is 2. The van der Waals surface area contributed by atoms with E-state index in [0.29, 0.717) is 12.4 Å². The molecule has 0 aliphatic carbocycles. The number of fused-ring (bicyclic) bond motifs is 1. The molecule has 1 atom stereocenters. The monoisotopic (exact) mass is 398 g/mol. The van der Waals surface area contributed by atoms with Gasteiger partial charge in [0.1, 0.15) is 18.5 Å². The van der Waals surface area contributed by atoms with Crippen molar-refractivity contribution in [2.24, 2.45) is 5.10 Å². The van der Waals surface area contributed by atoms with Crippen LogP contribution in [0.2, 0.25) is 0 Å². The van der Waals surface area contributed by atoms with Crippen LogP contribution < -0.4 is 10.2 Å². The Bertz CT molecular complexity index is 923. The van der Waals surface area contributed by atoms with Gasteiger partial charge in [-0.2, -0.15) is 10.2 Å². The maximum absolute atomic E-state index is 5.69. The molecule has 126 valence electrons. The average molecular weight is 399 g/mol. The summed E-state index contributed by atoms with van der Waals surface area (Å²) < 4.78 is 11.7. The van der Waals surface area contributed by atoms with Gasteiger partial charge >= 0.3 is 0 Å². The van der Waals surface area contributed by atoms with E-state index in [9.17, 15) is 0 Å². The molecule has 1 aromatic heterocycles. The fourth-order valence-electron chi connectivity index (χ4n) is 2.34. The van der Waals surface area contributed by atoms with Crippen molar-refractivity contribution < 1.29 is 9.47 Å². The minimum atomic E-state index is 0.235. The van der Waals surface area contributed by atoms with E-state index < -0.39 is 0 Å². The number of hydrogen-bond donors (Lipinski definition) is 1. The second-order valence-electron chi connectivity index (χ2n) is 5.61. The lowest BCUT2D eigenvalue weighted by Gasteiger charge is -2.07. The first kappa shape index (κ1) is 16.0. The summed E-state index contributed by atoms with van der Waals surface area (Å²) in [7, 11) is 0. The van der Waals surface area contributed by atoms with Gasteiger partial charge in [0.15, 0.2) is 5.82 Å². The molecular weight excluding hydrogens is 384 g/mol. The van der Waals surface area contributed by atoms with E-state index in [1.807, 2.05) is 42.5 Å². The van der Waals surface area contributed by atoms with E-state index in [1.165, 1.54) is 0 Å². The number of epoxide rings is 1.